The van der Waals surface area contributed by atoms with Gasteiger partial charge in [-0.15, -0.1) is 0 Å². The third kappa shape index (κ3) is 3.48. The molecule has 0 spiro atoms. The zero-order valence-corrected chi connectivity index (χ0v) is 14.8. The van der Waals surface area contributed by atoms with Crippen LogP contribution in [0, 0.1) is 0 Å². The molecule has 0 amide bonds. The van der Waals surface area contributed by atoms with Crippen molar-refractivity contribution < 1.29 is 0 Å². The molecule has 130 valence electrons. The summed E-state index contributed by atoms with van der Waals surface area (Å²) >= 11 is 5.92. The number of aromatic amines is 1. The Morgan fingerprint density at radius 2 is 1.81 bits per heavy atom. The van der Waals surface area contributed by atoms with Crippen LogP contribution in [0.25, 0.3) is 22.0 Å². The molecular weight excluding hydrogens is 346 g/mol. The maximum absolute atomic E-state index is 5.92. The minimum atomic E-state index is 0.511. The maximum Gasteiger partial charge on any atom is 0.153 e. The summed E-state index contributed by atoms with van der Waals surface area (Å²) in [4.78, 5) is 4.40. The van der Waals surface area contributed by atoms with Crippen molar-refractivity contribution in [2.24, 2.45) is 0 Å². The van der Waals surface area contributed by atoms with Gasteiger partial charge in [-0.25, -0.2) is 4.98 Å². The molecule has 0 radical (unpaired) electrons. The van der Waals surface area contributed by atoms with E-state index in [0.717, 1.165) is 45.8 Å². The molecule has 0 saturated heterocycles. The van der Waals surface area contributed by atoms with E-state index >= 15 is 0 Å². The van der Waals surface area contributed by atoms with Gasteiger partial charge in [-0.3, -0.25) is 5.10 Å². The molecule has 0 saturated carbocycles. The Balaban J connectivity index is 1.48. The molecule has 2 aromatic carbocycles. The number of nitrogens with one attached hydrogen (secondary N) is 2. The largest absolute Gasteiger partial charge is 0.382 e. The van der Waals surface area contributed by atoms with Gasteiger partial charge in [0.2, 0.25) is 0 Å². The number of fused-ring (bicyclic) bond motifs is 1. The van der Waals surface area contributed by atoms with Crippen LogP contribution in [0.4, 0.5) is 11.6 Å². The number of rotatable bonds is 5. The molecule has 2 heterocycles. The van der Waals surface area contributed by atoms with Gasteiger partial charge in [0.1, 0.15) is 5.82 Å². The third-order valence-corrected chi connectivity index (χ3v) is 4.57. The smallest absolute Gasteiger partial charge is 0.153 e. The molecule has 0 aliphatic carbocycles. The predicted octanol–water partition coefficient (Wildman–Crippen LogP) is 4.52. The summed E-state index contributed by atoms with van der Waals surface area (Å²) in [6.45, 7) is 0.797. The van der Waals surface area contributed by atoms with Gasteiger partial charge in [0.05, 0.1) is 5.52 Å². The van der Waals surface area contributed by atoms with Gasteiger partial charge in [0.15, 0.2) is 5.82 Å². The topological polar surface area (TPSA) is 79.6 Å². The highest BCUT2D eigenvalue weighted by Gasteiger charge is 2.06. The first-order valence-corrected chi connectivity index (χ1v) is 8.75. The van der Waals surface area contributed by atoms with Crippen molar-refractivity contribution in [1.29, 1.82) is 0 Å². The quantitative estimate of drug-likeness (QED) is 0.487. The number of halogens is 1. The normalized spacial score (nSPS) is 11.0. The van der Waals surface area contributed by atoms with Crippen LogP contribution in [-0.2, 0) is 6.42 Å². The SMILES string of the molecule is Nc1n[nH]c2ccc(-c3ccnc(NCCc4ccc(Cl)cc4)c3)cc12. The lowest BCUT2D eigenvalue weighted by molar-refractivity contribution is 1.01. The minimum absolute atomic E-state index is 0.511. The average molecular weight is 364 g/mol. The van der Waals surface area contributed by atoms with E-state index in [9.17, 15) is 0 Å². The first-order chi connectivity index (χ1) is 12.7. The zero-order chi connectivity index (χ0) is 17.9. The van der Waals surface area contributed by atoms with Gasteiger partial charge in [-0.1, -0.05) is 29.8 Å². The second kappa shape index (κ2) is 7.06. The number of aromatic nitrogens is 3. The molecule has 0 aliphatic heterocycles. The average Bonchev–Trinajstić information content (AvgIpc) is 3.04. The lowest BCUT2D eigenvalue weighted by Gasteiger charge is -2.08. The molecule has 4 rings (SSSR count). The maximum atomic E-state index is 5.92. The van der Waals surface area contributed by atoms with Gasteiger partial charge in [0, 0.05) is 23.2 Å². The number of pyridine rings is 1. The molecule has 0 aliphatic rings. The van der Waals surface area contributed by atoms with E-state index in [-0.39, 0.29) is 0 Å². The molecular formula is C20H18ClN5. The van der Waals surface area contributed by atoms with E-state index in [2.05, 4.69) is 20.5 Å². The monoisotopic (exact) mass is 363 g/mol. The van der Waals surface area contributed by atoms with E-state index < -0.39 is 0 Å². The molecule has 4 N–H and O–H groups in total. The molecule has 0 atom stereocenters. The molecule has 0 fully saturated rings. The fraction of sp³-hybridized carbons (Fsp3) is 0.100. The third-order valence-electron chi connectivity index (χ3n) is 4.32. The summed E-state index contributed by atoms with van der Waals surface area (Å²) in [6, 6.07) is 18.0. The zero-order valence-electron chi connectivity index (χ0n) is 14.0. The van der Waals surface area contributed by atoms with Crippen LogP contribution in [-0.4, -0.2) is 21.7 Å². The van der Waals surface area contributed by atoms with E-state index in [1.54, 1.807) is 0 Å². The number of H-pyrrole nitrogens is 1. The number of nitrogens with two attached hydrogens (primary N) is 1. The van der Waals surface area contributed by atoms with E-state index in [0.29, 0.717) is 5.82 Å². The van der Waals surface area contributed by atoms with Crippen molar-refractivity contribution in [1.82, 2.24) is 15.2 Å². The fourth-order valence-corrected chi connectivity index (χ4v) is 3.03. The Labute approximate surface area is 156 Å². The van der Waals surface area contributed by atoms with Crippen LogP contribution < -0.4 is 11.1 Å². The van der Waals surface area contributed by atoms with Crippen LogP contribution >= 0.6 is 11.6 Å². The van der Waals surface area contributed by atoms with Gasteiger partial charge in [-0.05, 0) is 59.5 Å². The summed E-state index contributed by atoms with van der Waals surface area (Å²) in [5.41, 5.74) is 10.2. The highest BCUT2D eigenvalue weighted by Crippen LogP contribution is 2.27. The van der Waals surface area contributed by atoms with E-state index in [4.69, 9.17) is 17.3 Å². The standard InChI is InChI=1S/C20H18ClN5/c21-16-4-1-13(2-5-16)7-9-23-19-12-15(8-10-24-19)14-3-6-18-17(11-14)20(22)26-25-18/h1-6,8,10-12H,7,9H2,(H,23,24)(H3,22,25,26). The first-order valence-electron chi connectivity index (χ1n) is 8.37. The molecule has 26 heavy (non-hydrogen) atoms. The molecule has 0 unspecified atom stereocenters. The van der Waals surface area contributed by atoms with Gasteiger partial charge in [-0.2, -0.15) is 5.10 Å². The summed E-state index contributed by atoms with van der Waals surface area (Å²) in [7, 11) is 0. The minimum Gasteiger partial charge on any atom is -0.382 e. The van der Waals surface area contributed by atoms with Crippen molar-refractivity contribution in [2.45, 2.75) is 6.42 Å². The molecule has 4 aromatic rings. The Kier molecular flexibility index (Phi) is 4.46. The number of benzene rings is 2. The van der Waals surface area contributed by atoms with Gasteiger partial charge >= 0.3 is 0 Å². The van der Waals surface area contributed by atoms with E-state index in [1.165, 1.54) is 5.56 Å². The Hall–Kier alpha value is -3.05. The Morgan fingerprint density at radius 3 is 2.65 bits per heavy atom. The second-order valence-corrected chi connectivity index (χ2v) is 6.54. The van der Waals surface area contributed by atoms with Crippen molar-refractivity contribution in [3.05, 3.63) is 71.4 Å². The fourth-order valence-electron chi connectivity index (χ4n) is 2.91. The van der Waals surface area contributed by atoms with Crippen molar-refractivity contribution in [3.63, 3.8) is 0 Å². The lowest BCUT2D eigenvalue weighted by atomic mass is 10.0. The number of nitrogens with zero attached hydrogens (tertiary/aromatic N) is 2. The van der Waals surface area contributed by atoms with Crippen LogP contribution in [0.5, 0.6) is 0 Å². The van der Waals surface area contributed by atoms with Crippen LogP contribution in [0.3, 0.4) is 0 Å². The number of nitrogen functional groups attached to an aromatic ring is 1. The first kappa shape index (κ1) is 16.4. The van der Waals surface area contributed by atoms with Crippen LogP contribution in [0.2, 0.25) is 5.02 Å². The van der Waals surface area contributed by atoms with Gasteiger partial charge in [0.25, 0.3) is 0 Å². The van der Waals surface area contributed by atoms with Crippen molar-refractivity contribution in [3.8, 4) is 11.1 Å². The van der Waals surface area contributed by atoms with Gasteiger partial charge < -0.3 is 11.1 Å². The summed E-state index contributed by atoms with van der Waals surface area (Å²) in [5, 5.41) is 12.0. The highest BCUT2D eigenvalue weighted by molar-refractivity contribution is 6.30. The highest BCUT2D eigenvalue weighted by atomic mass is 35.5. The second-order valence-electron chi connectivity index (χ2n) is 6.10. The Morgan fingerprint density at radius 1 is 1.00 bits per heavy atom. The Bertz CT molecular complexity index is 1040. The summed E-state index contributed by atoms with van der Waals surface area (Å²) in [6.07, 6.45) is 2.71. The van der Waals surface area contributed by atoms with Crippen molar-refractivity contribution >= 4 is 34.1 Å². The number of anilines is 2. The molecule has 0 bridgehead atoms. The summed E-state index contributed by atoms with van der Waals surface area (Å²) in [5.74, 6) is 1.36. The van der Waals surface area contributed by atoms with E-state index in [1.807, 2.05) is 60.8 Å². The number of hydrogen-bond acceptors (Lipinski definition) is 4. The van der Waals surface area contributed by atoms with Crippen LogP contribution in [0.15, 0.2) is 60.8 Å². The lowest BCUT2D eigenvalue weighted by Crippen LogP contribution is -2.06. The molecule has 5 nitrogen and oxygen atoms in total. The molecule has 6 heteroatoms. The van der Waals surface area contributed by atoms with Crippen molar-refractivity contribution in [2.75, 3.05) is 17.6 Å². The predicted molar refractivity (Wildman–Crippen MR) is 107 cm³/mol. The van der Waals surface area contributed by atoms with Crippen LogP contribution in [0.1, 0.15) is 5.56 Å². The molecule has 2 aromatic heterocycles. The number of hydrogen-bond donors (Lipinski definition) is 3. The summed E-state index contributed by atoms with van der Waals surface area (Å²) < 4.78 is 0.